The van der Waals surface area contributed by atoms with Gasteiger partial charge in [0.1, 0.15) is 0 Å². The number of benzene rings is 2. The monoisotopic (exact) mass is 468 g/mol. The number of nitrogens with zero attached hydrogens (tertiary/aromatic N) is 5. The van der Waals surface area contributed by atoms with Crippen LogP contribution in [0.1, 0.15) is 23.2 Å². The molecule has 6 rings (SSSR count). The van der Waals surface area contributed by atoms with Crippen molar-refractivity contribution in [2.75, 3.05) is 24.5 Å². The van der Waals surface area contributed by atoms with Crippen molar-refractivity contribution in [3.05, 3.63) is 77.7 Å². The predicted molar refractivity (Wildman–Crippen MR) is 141 cm³/mol. The maximum Gasteiger partial charge on any atom is 0.161 e. The van der Waals surface area contributed by atoms with E-state index in [1.807, 2.05) is 30.5 Å². The SMILES string of the molecule is Cc1cnc2n1-c1ccc(N3CC[C@@H](CN)C3)cc1Cn1cc(-c3ccc(C#N)cc3)cc1-2.S. The average molecular weight is 469 g/mol. The lowest BCUT2D eigenvalue weighted by atomic mass is 10.1. The molecule has 1 saturated heterocycles. The minimum atomic E-state index is 0. The standard InChI is InChI=1S/C27H26N6.H2S/c1-18-14-30-27-26-11-22(21-4-2-19(12-28)3-5-21)16-32(26)17-23-10-24(6-7-25(23)33(18)27)31-9-8-20(13-29)15-31;/h2-7,10-11,14,16,20H,8-9,13,15,17,29H2,1H3;1H2/t20-;/m0./s1. The molecule has 2 aromatic heterocycles. The molecule has 0 unspecified atom stereocenters. The molecule has 0 aliphatic carbocycles. The van der Waals surface area contributed by atoms with Gasteiger partial charge in [0.25, 0.3) is 0 Å². The van der Waals surface area contributed by atoms with Crippen molar-refractivity contribution in [3.63, 3.8) is 0 Å². The Labute approximate surface area is 206 Å². The summed E-state index contributed by atoms with van der Waals surface area (Å²) in [7, 11) is 0. The molecule has 2 N–H and O–H groups in total. The van der Waals surface area contributed by atoms with E-state index < -0.39 is 0 Å². The van der Waals surface area contributed by atoms with E-state index >= 15 is 0 Å². The summed E-state index contributed by atoms with van der Waals surface area (Å²) in [6, 6.07) is 19.0. The van der Waals surface area contributed by atoms with Gasteiger partial charge in [0, 0.05) is 49.0 Å². The number of rotatable bonds is 3. The van der Waals surface area contributed by atoms with E-state index in [1.54, 1.807) is 0 Å². The molecule has 2 aliphatic rings. The Morgan fingerprint density at radius 2 is 1.94 bits per heavy atom. The summed E-state index contributed by atoms with van der Waals surface area (Å²) in [5.74, 6) is 1.54. The van der Waals surface area contributed by atoms with E-state index in [-0.39, 0.29) is 13.5 Å². The number of imidazole rings is 1. The van der Waals surface area contributed by atoms with Crippen molar-refractivity contribution in [3.8, 4) is 34.4 Å². The summed E-state index contributed by atoms with van der Waals surface area (Å²) in [5.41, 5.74) is 14.8. The highest BCUT2D eigenvalue weighted by atomic mass is 32.1. The van der Waals surface area contributed by atoms with Gasteiger partial charge in [-0.1, -0.05) is 12.1 Å². The summed E-state index contributed by atoms with van der Waals surface area (Å²) in [6.07, 6.45) is 5.31. The molecule has 4 aromatic rings. The summed E-state index contributed by atoms with van der Waals surface area (Å²) < 4.78 is 4.57. The van der Waals surface area contributed by atoms with Gasteiger partial charge in [-0.05, 0) is 73.3 Å². The second kappa shape index (κ2) is 8.71. The molecule has 7 heteroatoms. The van der Waals surface area contributed by atoms with E-state index in [9.17, 15) is 0 Å². The molecule has 0 amide bonds. The van der Waals surface area contributed by atoms with Gasteiger partial charge < -0.3 is 15.2 Å². The molecule has 1 atom stereocenters. The van der Waals surface area contributed by atoms with E-state index in [1.165, 1.54) is 16.9 Å². The Bertz CT molecular complexity index is 1390. The average Bonchev–Trinajstić information content (AvgIpc) is 3.56. The van der Waals surface area contributed by atoms with E-state index in [0.29, 0.717) is 11.5 Å². The van der Waals surface area contributed by atoms with Gasteiger partial charge in [0.2, 0.25) is 0 Å². The van der Waals surface area contributed by atoms with Gasteiger partial charge in [-0.3, -0.25) is 4.57 Å². The minimum Gasteiger partial charge on any atom is -0.371 e. The van der Waals surface area contributed by atoms with Gasteiger partial charge in [0.15, 0.2) is 5.82 Å². The number of aromatic nitrogens is 3. The first kappa shape index (κ1) is 22.3. The van der Waals surface area contributed by atoms with Gasteiger partial charge in [-0.25, -0.2) is 4.98 Å². The van der Waals surface area contributed by atoms with Crippen LogP contribution < -0.4 is 10.6 Å². The van der Waals surface area contributed by atoms with Crippen LogP contribution >= 0.6 is 13.5 Å². The highest BCUT2D eigenvalue weighted by Gasteiger charge is 2.25. The van der Waals surface area contributed by atoms with Crippen molar-refractivity contribution < 1.29 is 0 Å². The Hall–Kier alpha value is -3.47. The second-order valence-electron chi connectivity index (χ2n) is 9.14. The molecule has 4 heterocycles. The maximum absolute atomic E-state index is 9.12. The van der Waals surface area contributed by atoms with Crippen LogP contribution in [0.2, 0.25) is 0 Å². The fourth-order valence-electron chi connectivity index (χ4n) is 5.20. The number of nitriles is 1. The highest BCUT2D eigenvalue weighted by Crippen LogP contribution is 2.37. The Morgan fingerprint density at radius 3 is 2.68 bits per heavy atom. The van der Waals surface area contributed by atoms with Crippen LogP contribution in [0, 0.1) is 24.2 Å². The third-order valence-corrected chi connectivity index (χ3v) is 7.04. The van der Waals surface area contributed by atoms with Crippen LogP contribution in [0.4, 0.5) is 5.69 Å². The molecule has 34 heavy (non-hydrogen) atoms. The van der Waals surface area contributed by atoms with Crippen molar-refractivity contribution in [2.45, 2.75) is 19.9 Å². The van der Waals surface area contributed by atoms with Gasteiger partial charge in [0.05, 0.1) is 23.0 Å². The number of anilines is 1. The van der Waals surface area contributed by atoms with Gasteiger partial charge >= 0.3 is 0 Å². The zero-order chi connectivity index (χ0) is 22.5. The maximum atomic E-state index is 9.12. The van der Waals surface area contributed by atoms with Crippen LogP contribution in [-0.2, 0) is 6.54 Å². The smallest absolute Gasteiger partial charge is 0.161 e. The normalized spacial score (nSPS) is 16.1. The second-order valence-corrected chi connectivity index (χ2v) is 9.14. The Morgan fingerprint density at radius 1 is 1.12 bits per heavy atom. The lowest BCUT2D eigenvalue weighted by Crippen LogP contribution is -2.22. The third kappa shape index (κ3) is 3.60. The number of aryl methyl sites for hydroxylation is 1. The van der Waals surface area contributed by atoms with Crippen LogP contribution in [0.5, 0.6) is 0 Å². The van der Waals surface area contributed by atoms with Crippen molar-refractivity contribution >= 4 is 19.2 Å². The Kier molecular flexibility index (Phi) is 5.72. The molecular formula is C27H28N6S. The van der Waals surface area contributed by atoms with E-state index in [2.05, 4.69) is 57.5 Å². The molecule has 1 fully saturated rings. The van der Waals surface area contributed by atoms with Crippen molar-refractivity contribution in [1.29, 1.82) is 5.26 Å². The molecule has 0 radical (unpaired) electrons. The first-order chi connectivity index (χ1) is 16.1. The molecule has 2 aromatic carbocycles. The third-order valence-electron chi connectivity index (χ3n) is 7.04. The molecule has 0 saturated carbocycles. The summed E-state index contributed by atoms with van der Waals surface area (Å²) in [4.78, 5) is 7.25. The van der Waals surface area contributed by atoms with Crippen LogP contribution in [0.3, 0.4) is 0 Å². The predicted octanol–water partition coefficient (Wildman–Crippen LogP) is 4.45. The largest absolute Gasteiger partial charge is 0.371 e. The lowest BCUT2D eigenvalue weighted by molar-refractivity contribution is 0.602. The highest BCUT2D eigenvalue weighted by molar-refractivity contribution is 7.59. The van der Waals surface area contributed by atoms with E-state index in [4.69, 9.17) is 16.0 Å². The summed E-state index contributed by atoms with van der Waals surface area (Å²) >= 11 is 0. The van der Waals surface area contributed by atoms with Gasteiger partial charge in [-0.2, -0.15) is 18.8 Å². The van der Waals surface area contributed by atoms with Gasteiger partial charge in [-0.15, -0.1) is 0 Å². The lowest BCUT2D eigenvalue weighted by Gasteiger charge is -2.21. The van der Waals surface area contributed by atoms with Crippen LogP contribution in [0.15, 0.2) is 60.9 Å². The zero-order valence-corrected chi connectivity index (χ0v) is 20.2. The first-order valence-electron chi connectivity index (χ1n) is 11.5. The molecule has 2 aliphatic heterocycles. The number of nitrogens with two attached hydrogens (primary N) is 1. The van der Waals surface area contributed by atoms with Crippen molar-refractivity contribution in [1.82, 2.24) is 14.1 Å². The molecule has 172 valence electrons. The first-order valence-corrected chi connectivity index (χ1v) is 11.5. The van der Waals surface area contributed by atoms with Crippen molar-refractivity contribution in [2.24, 2.45) is 11.7 Å². The Balaban J connectivity index is 0.00000241. The molecular weight excluding hydrogens is 440 g/mol. The molecule has 0 bridgehead atoms. The number of hydrogen-bond donors (Lipinski definition) is 1. The quantitative estimate of drug-likeness (QED) is 0.425. The minimum absolute atomic E-state index is 0. The molecule has 6 nitrogen and oxygen atoms in total. The molecule has 0 spiro atoms. The topological polar surface area (TPSA) is 75.8 Å². The summed E-state index contributed by atoms with van der Waals surface area (Å²) in [5, 5.41) is 9.12. The fraction of sp³-hybridized carbons (Fsp3) is 0.259. The number of fused-ring (bicyclic) bond motifs is 5. The van der Waals surface area contributed by atoms with E-state index in [0.717, 1.165) is 60.9 Å². The summed E-state index contributed by atoms with van der Waals surface area (Å²) in [6.45, 7) is 5.74. The fourth-order valence-corrected chi connectivity index (χ4v) is 5.20. The zero-order valence-electron chi connectivity index (χ0n) is 19.2. The van der Waals surface area contributed by atoms with Crippen LogP contribution in [0.25, 0.3) is 28.3 Å². The number of hydrogen-bond acceptors (Lipinski definition) is 4. The van der Waals surface area contributed by atoms with Crippen LogP contribution in [-0.4, -0.2) is 33.8 Å².